The molecule has 1 aromatic heterocycles. The molecule has 0 bridgehead atoms. The van der Waals surface area contributed by atoms with Gasteiger partial charge in [-0.2, -0.15) is 0 Å². The standard InChI is InChI=1S/C10H9BrN4S2/c1-5-14-15-10(16-5)17-7-4-2-3-6(11)8(7)9(12)13/h2-4H,1H3,(H3,12,13). The molecule has 0 saturated carbocycles. The predicted octanol–water partition coefficient (Wildman–Crippen LogP) is 3.04. The zero-order valence-corrected chi connectivity index (χ0v) is 12.1. The Morgan fingerprint density at radius 3 is 2.82 bits per heavy atom. The van der Waals surface area contributed by atoms with Crippen LogP contribution in [0.4, 0.5) is 0 Å². The largest absolute Gasteiger partial charge is 0.384 e. The summed E-state index contributed by atoms with van der Waals surface area (Å²) >= 11 is 6.39. The first-order chi connectivity index (χ1) is 8.08. The van der Waals surface area contributed by atoms with Crippen LogP contribution in [0.15, 0.2) is 31.9 Å². The Morgan fingerprint density at radius 2 is 2.24 bits per heavy atom. The van der Waals surface area contributed by atoms with Gasteiger partial charge in [0.05, 0.1) is 0 Å². The van der Waals surface area contributed by atoms with E-state index < -0.39 is 0 Å². The maximum atomic E-state index is 7.59. The van der Waals surface area contributed by atoms with Crippen LogP contribution in [0.5, 0.6) is 0 Å². The number of hydrogen-bond donors (Lipinski definition) is 2. The second-order valence-electron chi connectivity index (χ2n) is 3.22. The summed E-state index contributed by atoms with van der Waals surface area (Å²) in [6, 6.07) is 5.70. The zero-order valence-electron chi connectivity index (χ0n) is 8.90. The zero-order chi connectivity index (χ0) is 12.4. The van der Waals surface area contributed by atoms with E-state index in [0.717, 1.165) is 18.7 Å². The van der Waals surface area contributed by atoms with E-state index in [0.29, 0.717) is 5.56 Å². The number of nitrogens with two attached hydrogens (primary N) is 1. The van der Waals surface area contributed by atoms with Crippen LogP contribution in [0, 0.1) is 12.3 Å². The fourth-order valence-corrected chi connectivity index (χ4v) is 3.93. The van der Waals surface area contributed by atoms with Crippen molar-refractivity contribution < 1.29 is 0 Å². The summed E-state index contributed by atoms with van der Waals surface area (Å²) in [5.41, 5.74) is 6.28. The van der Waals surface area contributed by atoms with Crippen molar-refractivity contribution in [1.82, 2.24) is 10.2 Å². The summed E-state index contributed by atoms with van der Waals surface area (Å²) in [5.74, 6) is 0.0428. The number of rotatable bonds is 3. The highest BCUT2D eigenvalue weighted by molar-refractivity contribution is 9.10. The van der Waals surface area contributed by atoms with Gasteiger partial charge < -0.3 is 5.73 Å². The highest BCUT2D eigenvalue weighted by Crippen LogP contribution is 2.34. The van der Waals surface area contributed by atoms with Crippen molar-refractivity contribution in [1.29, 1.82) is 5.41 Å². The molecule has 0 atom stereocenters. The van der Waals surface area contributed by atoms with Gasteiger partial charge in [-0.3, -0.25) is 5.41 Å². The molecule has 0 radical (unpaired) electrons. The molecule has 0 aliphatic heterocycles. The highest BCUT2D eigenvalue weighted by atomic mass is 79.9. The third-order valence-corrected chi connectivity index (χ3v) is 4.56. The van der Waals surface area contributed by atoms with E-state index in [1.807, 2.05) is 25.1 Å². The molecule has 7 heteroatoms. The number of nitrogen functional groups attached to an aromatic ring is 1. The van der Waals surface area contributed by atoms with E-state index in [9.17, 15) is 0 Å². The van der Waals surface area contributed by atoms with Gasteiger partial charge in [-0.25, -0.2) is 0 Å². The van der Waals surface area contributed by atoms with Crippen LogP contribution in [-0.2, 0) is 0 Å². The average molecular weight is 329 g/mol. The van der Waals surface area contributed by atoms with Crippen molar-refractivity contribution in [3.63, 3.8) is 0 Å². The normalized spacial score (nSPS) is 10.5. The van der Waals surface area contributed by atoms with Gasteiger partial charge in [0.2, 0.25) is 0 Å². The molecule has 3 N–H and O–H groups in total. The van der Waals surface area contributed by atoms with Gasteiger partial charge >= 0.3 is 0 Å². The minimum atomic E-state index is 0.0428. The summed E-state index contributed by atoms with van der Waals surface area (Å²) in [5, 5.41) is 16.5. The number of halogens is 1. The Morgan fingerprint density at radius 1 is 1.47 bits per heavy atom. The molecular formula is C10H9BrN4S2. The Hall–Kier alpha value is -0.920. The molecule has 2 aromatic rings. The number of aryl methyl sites for hydroxylation is 1. The van der Waals surface area contributed by atoms with Gasteiger partial charge in [-0.05, 0) is 35.0 Å². The van der Waals surface area contributed by atoms with Crippen molar-refractivity contribution in [2.75, 3.05) is 0 Å². The first-order valence-corrected chi connectivity index (χ1v) is 7.11. The van der Waals surface area contributed by atoms with Crippen molar-refractivity contribution in [2.45, 2.75) is 16.2 Å². The van der Waals surface area contributed by atoms with Crippen molar-refractivity contribution in [2.24, 2.45) is 5.73 Å². The molecule has 0 saturated heterocycles. The summed E-state index contributed by atoms with van der Waals surface area (Å²) in [6.07, 6.45) is 0. The van der Waals surface area contributed by atoms with Crippen molar-refractivity contribution in [3.05, 3.63) is 33.2 Å². The van der Waals surface area contributed by atoms with Gasteiger partial charge in [-0.15, -0.1) is 10.2 Å². The smallest absolute Gasteiger partial charge is 0.179 e. The van der Waals surface area contributed by atoms with E-state index >= 15 is 0 Å². The number of hydrogen-bond acceptors (Lipinski definition) is 5. The number of aromatic nitrogens is 2. The molecule has 0 aliphatic rings. The first kappa shape index (κ1) is 12.5. The highest BCUT2D eigenvalue weighted by Gasteiger charge is 2.12. The van der Waals surface area contributed by atoms with Crippen molar-refractivity contribution >= 4 is 44.9 Å². The van der Waals surface area contributed by atoms with Gasteiger partial charge in [0.25, 0.3) is 0 Å². The molecule has 1 heterocycles. The Labute approximate surface area is 115 Å². The summed E-state index contributed by atoms with van der Waals surface area (Å²) in [7, 11) is 0. The van der Waals surface area contributed by atoms with Crippen LogP contribution >= 0.6 is 39.0 Å². The SMILES string of the molecule is Cc1nnc(Sc2cccc(Br)c2C(=N)N)s1. The number of benzene rings is 1. The Balaban J connectivity index is 2.39. The average Bonchev–Trinajstić information content (AvgIpc) is 2.63. The molecule has 4 nitrogen and oxygen atoms in total. The third kappa shape index (κ3) is 2.85. The minimum Gasteiger partial charge on any atom is -0.384 e. The Bertz CT molecular complexity index is 567. The lowest BCUT2D eigenvalue weighted by Gasteiger charge is -2.07. The molecule has 0 spiro atoms. The van der Waals surface area contributed by atoms with E-state index in [1.54, 1.807) is 0 Å². The van der Waals surface area contributed by atoms with Crippen LogP contribution in [0.25, 0.3) is 0 Å². The first-order valence-electron chi connectivity index (χ1n) is 4.69. The fraction of sp³-hybridized carbons (Fsp3) is 0.100. The second-order valence-corrected chi connectivity index (χ2v) is 6.54. The topological polar surface area (TPSA) is 75.7 Å². The molecule has 17 heavy (non-hydrogen) atoms. The maximum Gasteiger partial charge on any atom is 0.179 e. The second kappa shape index (κ2) is 5.16. The maximum absolute atomic E-state index is 7.59. The number of nitrogens with zero attached hydrogens (tertiary/aromatic N) is 2. The molecule has 2 rings (SSSR count). The lowest BCUT2D eigenvalue weighted by molar-refractivity contribution is 0.983. The summed E-state index contributed by atoms with van der Waals surface area (Å²) in [6.45, 7) is 1.91. The number of amidine groups is 1. The summed E-state index contributed by atoms with van der Waals surface area (Å²) < 4.78 is 1.67. The van der Waals surface area contributed by atoms with E-state index in [2.05, 4.69) is 26.1 Å². The van der Waals surface area contributed by atoms with Gasteiger partial charge in [0.1, 0.15) is 10.8 Å². The van der Waals surface area contributed by atoms with Crippen molar-refractivity contribution in [3.8, 4) is 0 Å². The molecule has 1 aromatic carbocycles. The van der Waals surface area contributed by atoms with Crippen LogP contribution in [0.1, 0.15) is 10.6 Å². The molecule has 0 fully saturated rings. The van der Waals surface area contributed by atoms with Crippen LogP contribution < -0.4 is 5.73 Å². The van der Waals surface area contributed by atoms with Crippen LogP contribution in [0.3, 0.4) is 0 Å². The Kier molecular flexibility index (Phi) is 3.80. The van der Waals surface area contributed by atoms with Crippen LogP contribution in [0.2, 0.25) is 0 Å². The number of nitrogens with one attached hydrogen (secondary N) is 1. The molecule has 88 valence electrons. The van der Waals surface area contributed by atoms with Gasteiger partial charge in [0.15, 0.2) is 4.34 Å². The van der Waals surface area contributed by atoms with E-state index in [4.69, 9.17) is 11.1 Å². The lowest BCUT2D eigenvalue weighted by atomic mass is 10.2. The summed E-state index contributed by atoms with van der Waals surface area (Å²) in [4.78, 5) is 0.906. The quantitative estimate of drug-likeness (QED) is 0.670. The molecule has 0 unspecified atom stereocenters. The lowest BCUT2D eigenvalue weighted by Crippen LogP contribution is -2.13. The van der Waals surface area contributed by atoms with E-state index in [-0.39, 0.29) is 5.84 Å². The van der Waals surface area contributed by atoms with Crippen LogP contribution in [-0.4, -0.2) is 16.0 Å². The third-order valence-electron chi connectivity index (χ3n) is 1.95. The molecular weight excluding hydrogens is 320 g/mol. The minimum absolute atomic E-state index is 0.0428. The van der Waals surface area contributed by atoms with Gasteiger partial charge in [-0.1, -0.05) is 29.2 Å². The van der Waals surface area contributed by atoms with E-state index in [1.165, 1.54) is 23.1 Å². The monoisotopic (exact) mass is 328 g/mol. The predicted molar refractivity (Wildman–Crippen MR) is 73.9 cm³/mol. The molecule has 0 aliphatic carbocycles. The fourth-order valence-electron chi connectivity index (χ4n) is 1.26. The van der Waals surface area contributed by atoms with Gasteiger partial charge in [0, 0.05) is 14.9 Å². The molecule has 0 amide bonds.